The van der Waals surface area contributed by atoms with E-state index in [0.29, 0.717) is 17.3 Å². The Kier molecular flexibility index (Phi) is 5.45. The van der Waals surface area contributed by atoms with E-state index in [-0.39, 0.29) is 18.3 Å². The summed E-state index contributed by atoms with van der Waals surface area (Å²) in [6, 6.07) is 0. The minimum atomic E-state index is -0.256. The van der Waals surface area contributed by atoms with Crippen LogP contribution >= 0.6 is 30.1 Å². The average Bonchev–Trinajstić information content (AvgIpc) is 2.90. The van der Waals surface area contributed by atoms with E-state index in [9.17, 15) is 0 Å². The highest BCUT2D eigenvalue weighted by atomic mass is 127. The molecule has 5 heteroatoms. The molecule has 0 bridgehead atoms. The van der Waals surface area contributed by atoms with Crippen molar-refractivity contribution in [2.45, 2.75) is 77.9 Å². The van der Waals surface area contributed by atoms with Crippen molar-refractivity contribution in [3.05, 3.63) is 11.5 Å². The van der Waals surface area contributed by atoms with Gasteiger partial charge < -0.3 is 9.31 Å². The third kappa shape index (κ3) is 3.33. The Bertz CT molecular complexity index is 576. The average molecular weight is 458 g/mol. The first-order valence-electron chi connectivity index (χ1n) is 9.04. The number of allylic oxidation sites excluding steroid dienone is 1. The molecule has 0 aromatic carbocycles. The zero-order valence-corrected chi connectivity index (χ0v) is 18.4. The van der Waals surface area contributed by atoms with Gasteiger partial charge in [0.15, 0.2) is 0 Å². The van der Waals surface area contributed by atoms with Crippen LogP contribution in [0.5, 0.6) is 0 Å². The molecule has 3 unspecified atom stereocenters. The van der Waals surface area contributed by atoms with Crippen molar-refractivity contribution in [3.8, 4) is 11.2 Å². The maximum atomic E-state index is 6.21. The molecule has 1 aliphatic heterocycles. The molecule has 2 aliphatic carbocycles. The molecule has 0 aromatic rings. The first-order valence-corrected chi connectivity index (χ1v) is 12.4. The topological polar surface area (TPSA) is 18.5 Å². The summed E-state index contributed by atoms with van der Waals surface area (Å²) >= 11 is 2.27. The van der Waals surface area contributed by atoms with Gasteiger partial charge in [0.05, 0.1) is 11.2 Å². The zero-order chi connectivity index (χ0) is 17.6. The lowest BCUT2D eigenvalue weighted by atomic mass is 9.62. The van der Waals surface area contributed by atoms with Crippen LogP contribution in [0.2, 0.25) is 0 Å². The molecular weight excluding hydrogens is 430 g/mol. The van der Waals surface area contributed by atoms with Crippen LogP contribution in [0.25, 0.3) is 0 Å². The molecule has 3 fully saturated rings. The molecule has 3 atom stereocenters. The SMILES string of the molecule is CC12CCC/C(=C\B3OC(C)(C)C(C)(C)O3)C1CCC2C#CSI. The minimum Gasteiger partial charge on any atom is -0.400 e. The predicted octanol–water partition coefficient (Wildman–Crippen LogP) is 5.80. The largest absolute Gasteiger partial charge is 0.487 e. The zero-order valence-electron chi connectivity index (χ0n) is 15.4. The van der Waals surface area contributed by atoms with Gasteiger partial charge in [0, 0.05) is 27.1 Å². The number of hydrogen-bond acceptors (Lipinski definition) is 3. The van der Waals surface area contributed by atoms with Gasteiger partial charge in [-0.05, 0) is 85.3 Å². The molecule has 1 saturated heterocycles. The van der Waals surface area contributed by atoms with Crippen LogP contribution in [-0.2, 0) is 9.31 Å². The molecule has 24 heavy (non-hydrogen) atoms. The highest BCUT2D eigenvalue weighted by Gasteiger charge is 2.52. The van der Waals surface area contributed by atoms with Crippen LogP contribution in [-0.4, -0.2) is 18.3 Å². The maximum Gasteiger partial charge on any atom is 0.487 e. The van der Waals surface area contributed by atoms with Gasteiger partial charge in [-0.15, -0.1) is 0 Å². The van der Waals surface area contributed by atoms with E-state index in [1.165, 1.54) is 32.1 Å². The van der Waals surface area contributed by atoms with Crippen LogP contribution < -0.4 is 0 Å². The van der Waals surface area contributed by atoms with Crippen molar-refractivity contribution in [3.63, 3.8) is 0 Å². The second kappa shape index (κ2) is 6.83. The summed E-state index contributed by atoms with van der Waals surface area (Å²) in [5.41, 5.74) is 1.36. The van der Waals surface area contributed by atoms with E-state index in [1.54, 1.807) is 14.5 Å². The fourth-order valence-electron chi connectivity index (χ4n) is 4.70. The number of rotatable bonds is 1. The summed E-state index contributed by atoms with van der Waals surface area (Å²) in [6.45, 7) is 11.0. The highest BCUT2D eigenvalue weighted by molar-refractivity contribution is 14.2. The Morgan fingerprint density at radius 3 is 2.46 bits per heavy atom. The van der Waals surface area contributed by atoms with Gasteiger partial charge in [-0.1, -0.05) is 24.4 Å². The fourth-order valence-corrected chi connectivity index (χ4v) is 5.27. The van der Waals surface area contributed by atoms with Gasteiger partial charge >= 0.3 is 7.12 Å². The van der Waals surface area contributed by atoms with E-state index >= 15 is 0 Å². The first-order chi connectivity index (χ1) is 11.2. The van der Waals surface area contributed by atoms with Gasteiger partial charge in [0.1, 0.15) is 0 Å². The highest BCUT2D eigenvalue weighted by Crippen LogP contribution is 2.57. The van der Waals surface area contributed by atoms with Gasteiger partial charge in [-0.2, -0.15) is 0 Å². The van der Waals surface area contributed by atoms with Gasteiger partial charge in [-0.25, -0.2) is 0 Å². The van der Waals surface area contributed by atoms with Crippen LogP contribution in [0, 0.1) is 28.4 Å². The molecule has 1 heterocycles. The molecule has 0 amide bonds. The van der Waals surface area contributed by atoms with Crippen LogP contribution in [0.3, 0.4) is 0 Å². The van der Waals surface area contributed by atoms with Crippen molar-refractivity contribution >= 4 is 37.3 Å². The lowest BCUT2D eigenvalue weighted by Crippen LogP contribution is -2.41. The molecular formula is C19H28BIO2S. The van der Waals surface area contributed by atoms with E-state index in [2.05, 4.69) is 73.0 Å². The van der Waals surface area contributed by atoms with Crippen molar-refractivity contribution in [2.75, 3.05) is 0 Å². The van der Waals surface area contributed by atoms with Crippen LogP contribution in [0.4, 0.5) is 0 Å². The summed E-state index contributed by atoms with van der Waals surface area (Å²) in [5, 5.41) is 3.24. The van der Waals surface area contributed by atoms with Crippen LogP contribution in [0.1, 0.15) is 66.7 Å². The molecule has 0 aromatic heterocycles. The van der Waals surface area contributed by atoms with Gasteiger partial charge in [0.25, 0.3) is 0 Å². The Labute approximate surface area is 164 Å². The Morgan fingerprint density at radius 1 is 1.17 bits per heavy atom. The molecule has 2 nitrogen and oxygen atoms in total. The Morgan fingerprint density at radius 2 is 1.83 bits per heavy atom. The maximum absolute atomic E-state index is 6.21. The molecule has 3 aliphatic rings. The molecule has 3 rings (SSSR count). The standard InChI is InChI=1S/C19H28BIO2S/c1-17(2)18(3,4)23-20(22-17)13-14-7-6-11-19(5)15(10-12-24-21)8-9-16(14)19/h13,15-16H,6-9,11H2,1-5H3/b14-13+. The quantitative estimate of drug-likeness (QED) is 0.281. The number of hydrogen-bond donors (Lipinski definition) is 0. The molecule has 0 spiro atoms. The Balaban J connectivity index is 1.81. The molecule has 0 radical (unpaired) electrons. The molecule has 2 saturated carbocycles. The summed E-state index contributed by atoms with van der Waals surface area (Å²) < 4.78 is 12.4. The molecule has 132 valence electrons. The summed E-state index contributed by atoms with van der Waals surface area (Å²) in [5.74, 6) is 7.00. The van der Waals surface area contributed by atoms with Crippen molar-refractivity contribution < 1.29 is 9.31 Å². The predicted molar refractivity (Wildman–Crippen MR) is 112 cm³/mol. The summed E-state index contributed by atoms with van der Waals surface area (Å²) in [4.78, 5) is 0. The lowest BCUT2D eigenvalue weighted by Gasteiger charge is -2.41. The monoisotopic (exact) mass is 458 g/mol. The van der Waals surface area contributed by atoms with E-state index < -0.39 is 0 Å². The van der Waals surface area contributed by atoms with Crippen molar-refractivity contribution in [2.24, 2.45) is 17.3 Å². The van der Waals surface area contributed by atoms with Crippen LogP contribution in [0.15, 0.2) is 11.5 Å². The fraction of sp³-hybridized carbons (Fsp3) is 0.789. The lowest BCUT2D eigenvalue weighted by molar-refractivity contribution is 0.00578. The third-order valence-corrected chi connectivity index (χ3v) is 7.71. The minimum absolute atomic E-state index is 0.206. The third-order valence-electron chi connectivity index (χ3n) is 6.86. The summed E-state index contributed by atoms with van der Waals surface area (Å²) in [7, 11) is 1.40. The van der Waals surface area contributed by atoms with Gasteiger partial charge in [0.2, 0.25) is 0 Å². The van der Waals surface area contributed by atoms with Crippen molar-refractivity contribution in [1.82, 2.24) is 0 Å². The number of halogens is 1. The second-order valence-corrected chi connectivity index (χ2v) is 10.4. The van der Waals surface area contributed by atoms with E-state index in [0.717, 1.165) is 0 Å². The Hall–Kier alpha value is 0.365. The van der Waals surface area contributed by atoms with E-state index in [1.807, 2.05) is 0 Å². The number of fused-ring (bicyclic) bond motifs is 1. The summed E-state index contributed by atoms with van der Waals surface area (Å²) in [6.07, 6.45) is 6.22. The van der Waals surface area contributed by atoms with Gasteiger partial charge in [-0.3, -0.25) is 0 Å². The smallest absolute Gasteiger partial charge is 0.400 e. The normalized spacial score (nSPS) is 38.8. The van der Waals surface area contributed by atoms with Crippen molar-refractivity contribution in [1.29, 1.82) is 0 Å². The second-order valence-electron chi connectivity index (χ2n) is 8.73. The molecule has 0 N–H and O–H groups in total. The van der Waals surface area contributed by atoms with E-state index in [4.69, 9.17) is 9.31 Å². The first kappa shape index (κ1) is 19.1.